The third kappa shape index (κ3) is 5.93. The zero-order chi connectivity index (χ0) is 24.9. The van der Waals surface area contributed by atoms with Crippen molar-refractivity contribution in [2.45, 2.75) is 65.1 Å². The van der Waals surface area contributed by atoms with Gasteiger partial charge in [-0.3, -0.25) is 19.2 Å². The van der Waals surface area contributed by atoms with E-state index in [-0.39, 0.29) is 18.4 Å². The topological polar surface area (TPSA) is 70.9 Å². The maximum atomic E-state index is 14.0. The minimum Gasteiger partial charge on any atom is -0.375 e. The van der Waals surface area contributed by atoms with E-state index < -0.39 is 0 Å². The summed E-state index contributed by atoms with van der Waals surface area (Å²) in [6, 6.07) is 8.29. The van der Waals surface area contributed by atoms with E-state index in [0.29, 0.717) is 31.6 Å². The van der Waals surface area contributed by atoms with E-state index in [0.717, 1.165) is 61.4 Å². The standard InChI is InChI=1S/C27H39N5O3/c1-5-31-18-23(26(28-31)21-11-12-21)27(34)30-16-15-29(20(2)3)13-8-14-32(25(33)19-35-4)24-10-7-6-9-22(24)17-30/h6-7,9-10,18,20-21H,5,8,11-17,19H2,1-4H3. The van der Waals surface area contributed by atoms with Crippen molar-refractivity contribution in [3.63, 3.8) is 0 Å². The Bertz CT molecular complexity index is 1030. The van der Waals surface area contributed by atoms with Crippen LogP contribution in [0.4, 0.5) is 5.69 Å². The normalized spacial score (nSPS) is 17.9. The molecule has 35 heavy (non-hydrogen) atoms. The number of carbonyl (C=O) groups excluding carboxylic acids is 2. The van der Waals surface area contributed by atoms with E-state index in [2.05, 4.69) is 18.7 Å². The second-order valence-corrected chi connectivity index (χ2v) is 9.88. The molecule has 0 unspecified atom stereocenters. The fourth-order valence-corrected chi connectivity index (χ4v) is 4.85. The minimum absolute atomic E-state index is 0.0270. The van der Waals surface area contributed by atoms with Gasteiger partial charge < -0.3 is 14.5 Å². The molecule has 4 rings (SSSR count). The van der Waals surface area contributed by atoms with Gasteiger partial charge in [0, 0.05) is 70.2 Å². The second-order valence-electron chi connectivity index (χ2n) is 9.88. The first-order valence-electron chi connectivity index (χ1n) is 12.9. The molecule has 0 atom stereocenters. The molecule has 8 nitrogen and oxygen atoms in total. The van der Waals surface area contributed by atoms with Gasteiger partial charge in [0.15, 0.2) is 0 Å². The largest absolute Gasteiger partial charge is 0.375 e. The SMILES string of the molecule is CCn1cc(C(=O)N2CCN(C(C)C)CCCN(C(=O)COC)c3ccccc3C2)c(C2CC2)n1. The van der Waals surface area contributed by atoms with E-state index in [1.807, 2.05) is 51.9 Å². The van der Waals surface area contributed by atoms with Crippen LogP contribution >= 0.6 is 0 Å². The summed E-state index contributed by atoms with van der Waals surface area (Å²) < 4.78 is 7.06. The molecule has 2 amide bonds. The van der Waals surface area contributed by atoms with Crippen LogP contribution in [-0.2, 0) is 22.6 Å². The number of benzene rings is 1. The van der Waals surface area contributed by atoms with Crippen molar-refractivity contribution in [1.82, 2.24) is 19.6 Å². The summed E-state index contributed by atoms with van der Waals surface area (Å²) in [5.41, 5.74) is 3.50. The van der Waals surface area contributed by atoms with Gasteiger partial charge in [0.25, 0.3) is 11.8 Å². The van der Waals surface area contributed by atoms with Gasteiger partial charge in [-0.2, -0.15) is 5.10 Å². The van der Waals surface area contributed by atoms with Crippen LogP contribution in [0.2, 0.25) is 0 Å². The van der Waals surface area contributed by atoms with Crippen molar-refractivity contribution in [3.8, 4) is 0 Å². The number of rotatable bonds is 6. The van der Waals surface area contributed by atoms with Crippen LogP contribution in [-0.4, -0.2) is 77.3 Å². The summed E-state index contributed by atoms with van der Waals surface area (Å²) in [6.45, 7) is 10.5. The quantitative estimate of drug-likeness (QED) is 0.631. The number of aryl methyl sites for hydroxylation is 1. The Hall–Kier alpha value is -2.71. The number of hydrogen-bond donors (Lipinski definition) is 0. The molecule has 190 valence electrons. The van der Waals surface area contributed by atoms with E-state index >= 15 is 0 Å². The lowest BCUT2D eigenvalue weighted by Gasteiger charge is -2.30. The Balaban J connectivity index is 1.71. The third-order valence-electron chi connectivity index (χ3n) is 7.02. The van der Waals surface area contributed by atoms with Gasteiger partial charge in [0.1, 0.15) is 6.61 Å². The van der Waals surface area contributed by atoms with Crippen LogP contribution in [0.5, 0.6) is 0 Å². The lowest BCUT2D eigenvalue weighted by atomic mass is 10.1. The van der Waals surface area contributed by atoms with Crippen LogP contribution in [0.15, 0.2) is 30.5 Å². The number of amides is 2. The minimum atomic E-state index is -0.0617. The van der Waals surface area contributed by atoms with Gasteiger partial charge in [-0.25, -0.2) is 0 Å². The Morgan fingerprint density at radius 1 is 1.11 bits per heavy atom. The molecule has 1 aromatic heterocycles. The van der Waals surface area contributed by atoms with Crippen molar-refractivity contribution in [3.05, 3.63) is 47.3 Å². The second kappa shape index (κ2) is 11.4. The zero-order valence-corrected chi connectivity index (χ0v) is 21.6. The van der Waals surface area contributed by atoms with E-state index in [9.17, 15) is 9.59 Å². The highest BCUT2D eigenvalue weighted by Gasteiger charge is 2.33. The van der Waals surface area contributed by atoms with Gasteiger partial charge in [-0.15, -0.1) is 0 Å². The number of fused-ring (bicyclic) bond motifs is 1. The molecule has 2 heterocycles. The summed E-state index contributed by atoms with van der Waals surface area (Å²) in [5, 5.41) is 4.73. The number of methoxy groups -OCH3 is 1. The molecule has 2 aromatic rings. The van der Waals surface area contributed by atoms with Crippen molar-refractivity contribution >= 4 is 17.5 Å². The molecule has 0 saturated heterocycles. The number of nitrogens with zero attached hydrogens (tertiary/aromatic N) is 5. The molecule has 2 aliphatic rings. The molecule has 8 heteroatoms. The third-order valence-corrected chi connectivity index (χ3v) is 7.02. The van der Waals surface area contributed by atoms with Gasteiger partial charge >= 0.3 is 0 Å². The number of carbonyl (C=O) groups is 2. The Labute approximate surface area is 208 Å². The lowest BCUT2D eigenvalue weighted by molar-refractivity contribution is -0.122. The number of hydrogen-bond acceptors (Lipinski definition) is 5. The van der Waals surface area contributed by atoms with Crippen molar-refractivity contribution in [2.24, 2.45) is 0 Å². The first-order chi connectivity index (χ1) is 16.9. The van der Waals surface area contributed by atoms with Gasteiger partial charge in [-0.05, 0) is 51.7 Å². The molecular weight excluding hydrogens is 442 g/mol. The van der Waals surface area contributed by atoms with Crippen molar-refractivity contribution < 1.29 is 14.3 Å². The maximum absolute atomic E-state index is 14.0. The number of anilines is 1. The lowest BCUT2D eigenvalue weighted by Crippen LogP contribution is -2.41. The average Bonchev–Trinajstić information content (AvgIpc) is 3.61. The van der Waals surface area contributed by atoms with Crippen LogP contribution in [0, 0.1) is 0 Å². The highest BCUT2D eigenvalue weighted by molar-refractivity contribution is 5.96. The molecule has 1 aromatic carbocycles. The van der Waals surface area contributed by atoms with Crippen LogP contribution < -0.4 is 4.90 Å². The van der Waals surface area contributed by atoms with Crippen LogP contribution in [0.3, 0.4) is 0 Å². The van der Waals surface area contributed by atoms with Gasteiger partial charge in [0.05, 0.1) is 11.3 Å². The fraction of sp³-hybridized carbons (Fsp3) is 0.593. The maximum Gasteiger partial charge on any atom is 0.257 e. The zero-order valence-electron chi connectivity index (χ0n) is 21.6. The summed E-state index contributed by atoms with van der Waals surface area (Å²) in [4.78, 5) is 33.2. The Morgan fingerprint density at radius 3 is 2.57 bits per heavy atom. The van der Waals surface area contributed by atoms with Crippen molar-refractivity contribution in [1.29, 1.82) is 0 Å². The molecule has 0 N–H and O–H groups in total. The molecule has 0 bridgehead atoms. The molecule has 0 radical (unpaired) electrons. The van der Waals surface area contributed by atoms with Gasteiger partial charge in [0.2, 0.25) is 0 Å². The summed E-state index contributed by atoms with van der Waals surface area (Å²) in [5.74, 6) is 0.361. The van der Waals surface area contributed by atoms with E-state index in [1.165, 1.54) is 0 Å². The monoisotopic (exact) mass is 481 g/mol. The molecule has 1 aliphatic heterocycles. The van der Waals surface area contributed by atoms with Gasteiger partial charge in [-0.1, -0.05) is 18.2 Å². The Kier molecular flexibility index (Phi) is 8.23. The first kappa shape index (κ1) is 25.4. The highest BCUT2D eigenvalue weighted by Crippen LogP contribution is 2.41. The fourth-order valence-electron chi connectivity index (χ4n) is 4.85. The van der Waals surface area contributed by atoms with Crippen molar-refractivity contribution in [2.75, 3.05) is 44.8 Å². The average molecular weight is 482 g/mol. The van der Waals surface area contributed by atoms with E-state index in [1.54, 1.807) is 7.11 Å². The molecule has 1 saturated carbocycles. The predicted molar refractivity (Wildman–Crippen MR) is 137 cm³/mol. The molecule has 0 spiro atoms. The number of aromatic nitrogens is 2. The summed E-state index contributed by atoms with van der Waals surface area (Å²) in [6.07, 6.45) is 4.97. The summed E-state index contributed by atoms with van der Waals surface area (Å²) in [7, 11) is 1.55. The smallest absolute Gasteiger partial charge is 0.257 e. The van der Waals surface area contributed by atoms with Crippen LogP contribution in [0.1, 0.15) is 67.6 Å². The Morgan fingerprint density at radius 2 is 1.89 bits per heavy atom. The van der Waals surface area contributed by atoms with Crippen LogP contribution in [0.25, 0.3) is 0 Å². The number of para-hydroxylation sites is 1. The first-order valence-corrected chi connectivity index (χ1v) is 12.9. The highest BCUT2D eigenvalue weighted by atomic mass is 16.5. The predicted octanol–water partition coefficient (Wildman–Crippen LogP) is 3.52. The molecule has 1 fully saturated rings. The van der Waals surface area contributed by atoms with E-state index in [4.69, 9.17) is 9.84 Å². The molecular formula is C27H39N5O3. The molecule has 1 aliphatic carbocycles. The number of ether oxygens (including phenoxy) is 1. The summed E-state index contributed by atoms with van der Waals surface area (Å²) >= 11 is 0.